The zero-order valence-electron chi connectivity index (χ0n) is 19.4. The highest BCUT2D eigenvalue weighted by Gasteiger charge is 2.50. The minimum atomic E-state index is -2.75. The van der Waals surface area contributed by atoms with Crippen molar-refractivity contribution >= 4 is 30.5 Å². The summed E-state index contributed by atoms with van der Waals surface area (Å²) in [5, 5.41) is 14.3. The molecule has 33 heavy (non-hydrogen) atoms. The van der Waals surface area contributed by atoms with Crippen LogP contribution < -0.4 is 15.7 Å². The Bertz CT molecular complexity index is 992. The zero-order valence-corrected chi connectivity index (χ0v) is 20.4. The van der Waals surface area contributed by atoms with Gasteiger partial charge in [0.2, 0.25) is 0 Å². The van der Waals surface area contributed by atoms with Crippen LogP contribution in [0.4, 0.5) is 4.79 Å². The lowest BCUT2D eigenvalue weighted by atomic mass is 10.1. The van der Waals surface area contributed by atoms with Gasteiger partial charge in [-0.05, 0) is 34.0 Å². The Morgan fingerprint density at radius 1 is 0.939 bits per heavy atom. The van der Waals surface area contributed by atoms with E-state index in [1.165, 1.54) is 4.57 Å². The third-order valence-electron chi connectivity index (χ3n) is 5.82. The van der Waals surface area contributed by atoms with Crippen LogP contribution in [0.3, 0.4) is 0 Å². The highest BCUT2D eigenvalue weighted by atomic mass is 28.4. The Morgan fingerprint density at radius 3 is 1.91 bits per heavy atom. The molecular formula is C26H32N2O4Si. The molecule has 0 aliphatic rings. The number of aliphatic hydroxyl groups is 1. The number of hydrogen-bond donors (Lipinski definition) is 2. The minimum absolute atomic E-state index is 0.194. The van der Waals surface area contributed by atoms with Crippen molar-refractivity contribution in [3.05, 3.63) is 85.2 Å². The van der Waals surface area contributed by atoms with Gasteiger partial charge in [-0.1, -0.05) is 81.4 Å². The van der Waals surface area contributed by atoms with Crippen LogP contribution in [0.25, 0.3) is 0 Å². The van der Waals surface area contributed by atoms with E-state index in [1.807, 2.05) is 36.4 Å². The predicted octanol–water partition coefficient (Wildman–Crippen LogP) is 2.94. The topological polar surface area (TPSA) is 80.6 Å². The molecule has 3 rings (SSSR count). The van der Waals surface area contributed by atoms with Crippen LogP contribution in [0.1, 0.15) is 27.2 Å². The molecule has 1 atom stereocenters. The molecule has 6 nitrogen and oxygen atoms in total. The molecule has 0 fully saturated rings. The van der Waals surface area contributed by atoms with Crippen LogP contribution in [0.2, 0.25) is 5.04 Å². The smallest absolute Gasteiger partial charge is 0.326 e. The fourth-order valence-electron chi connectivity index (χ4n) is 4.21. The Morgan fingerprint density at radius 2 is 1.45 bits per heavy atom. The first kappa shape index (κ1) is 24.6. The Kier molecular flexibility index (Phi) is 8.02. The molecule has 174 valence electrons. The number of aromatic nitrogens is 1. The van der Waals surface area contributed by atoms with Crippen LogP contribution >= 0.6 is 0 Å². The van der Waals surface area contributed by atoms with E-state index < -0.39 is 32.8 Å². The number of Topliss-reactive ketones (excluding diaryl/α,β-unsaturated/α-hetero) is 1. The number of benzene rings is 2. The summed E-state index contributed by atoms with van der Waals surface area (Å²) in [5.41, 5.74) is 0. The van der Waals surface area contributed by atoms with Gasteiger partial charge in [0.15, 0.2) is 5.78 Å². The molecule has 1 heterocycles. The van der Waals surface area contributed by atoms with Crippen LogP contribution in [0.5, 0.6) is 0 Å². The summed E-state index contributed by atoms with van der Waals surface area (Å²) in [6.07, 6.45) is 3.47. The number of amides is 1. The molecule has 7 heteroatoms. The third-order valence-corrected chi connectivity index (χ3v) is 10.9. The van der Waals surface area contributed by atoms with Crippen molar-refractivity contribution in [2.24, 2.45) is 0 Å². The van der Waals surface area contributed by atoms with Crippen LogP contribution in [0, 0.1) is 0 Å². The van der Waals surface area contributed by atoms with Crippen molar-refractivity contribution in [3.63, 3.8) is 0 Å². The van der Waals surface area contributed by atoms with E-state index >= 15 is 0 Å². The van der Waals surface area contributed by atoms with E-state index in [9.17, 15) is 14.7 Å². The first-order valence-electron chi connectivity index (χ1n) is 11.1. The Balaban J connectivity index is 1.88. The average Bonchev–Trinajstić information content (AvgIpc) is 3.36. The maximum Gasteiger partial charge on any atom is 0.326 e. The summed E-state index contributed by atoms with van der Waals surface area (Å²) in [6.45, 7) is 6.17. The average molecular weight is 465 g/mol. The van der Waals surface area contributed by atoms with Crippen molar-refractivity contribution in [3.8, 4) is 0 Å². The van der Waals surface area contributed by atoms with Gasteiger partial charge in [-0.15, -0.1) is 0 Å². The summed E-state index contributed by atoms with van der Waals surface area (Å²) in [6, 6.07) is 22.7. The standard InChI is InChI=1S/C26H32N2O4Si/c1-26(2,3)33(21-12-6-4-7-13-21,22-14-8-5-9-15-22)32-19-16-23(24(30)20-29)27-25(31)28-17-10-11-18-28/h4-15,17-18,23,29H,16,19-20H2,1-3H3,(H,27,31)/t23-/m0/s1. The summed E-state index contributed by atoms with van der Waals surface area (Å²) in [5.74, 6) is -0.443. The fourth-order valence-corrected chi connectivity index (χ4v) is 8.79. The van der Waals surface area contributed by atoms with Crippen LogP contribution in [-0.2, 0) is 9.22 Å². The maximum atomic E-state index is 12.5. The molecule has 2 N–H and O–H groups in total. The normalized spacial score (nSPS) is 12.8. The third kappa shape index (κ3) is 5.50. The molecule has 0 aliphatic carbocycles. The molecule has 1 amide bonds. The van der Waals surface area contributed by atoms with E-state index in [1.54, 1.807) is 24.5 Å². The second kappa shape index (κ2) is 10.7. The predicted molar refractivity (Wildman–Crippen MR) is 132 cm³/mol. The molecule has 0 bridgehead atoms. The van der Waals surface area contributed by atoms with E-state index in [0.29, 0.717) is 0 Å². The zero-order chi connectivity index (χ0) is 23.9. The monoisotopic (exact) mass is 464 g/mol. The number of nitrogens with one attached hydrogen (secondary N) is 1. The molecule has 2 aromatic carbocycles. The van der Waals surface area contributed by atoms with Gasteiger partial charge >= 0.3 is 6.03 Å². The first-order valence-corrected chi connectivity index (χ1v) is 13.0. The maximum absolute atomic E-state index is 12.5. The second-order valence-electron chi connectivity index (χ2n) is 9.02. The molecule has 0 radical (unpaired) electrons. The van der Waals surface area contributed by atoms with Crippen molar-refractivity contribution in [2.75, 3.05) is 13.2 Å². The second-order valence-corrected chi connectivity index (χ2v) is 13.3. The number of aliphatic hydroxyl groups excluding tert-OH is 1. The van der Waals surface area contributed by atoms with Gasteiger partial charge < -0.3 is 14.8 Å². The number of carbonyl (C=O) groups is 2. The van der Waals surface area contributed by atoms with Crippen molar-refractivity contribution < 1.29 is 19.1 Å². The van der Waals surface area contributed by atoms with Gasteiger partial charge in [-0.2, -0.15) is 0 Å². The molecule has 3 aromatic rings. The summed E-state index contributed by atoms with van der Waals surface area (Å²) >= 11 is 0. The summed E-state index contributed by atoms with van der Waals surface area (Å²) in [7, 11) is -2.75. The van der Waals surface area contributed by atoms with Gasteiger partial charge in [0.25, 0.3) is 8.32 Å². The molecule has 0 saturated carbocycles. The van der Waals surface area contributed by atoms with E-state index in [4.69, 9.17) is 4.43 Å². The summed E-state index contributed by atoms with van der Waals surface area (Å²) in [4.78, 5) is 24.9. The molecule has 0 saturated heterocycles. The molecule has 0 aliphatic heterocycles. The number of hydrogen-bond acceptors (Lipinski definition) is 4. The van der Waals surface area contributed by atoms with Gasteiger partial charge in [0.05, 0.1) is 6.04 Å². The van der Waals surface area contributed by atoms with Gasteiger partial charge in [0.1, 0.15) is 6.61 Å². The molecular weight excluding hydrogens is 432 g/mol. The van der Waals surface area contributed by atoms with Gasteiger partial charge in [-0.25, -0.2) is 4.79 Å². The molecule has 0 spiro atoms. The number of ketones is 1. The Hall–Kier alpha value is -3.00. The lowest BCUT2D eigenvalue weighted by Gasteiger charge is -2.43. The SMILES string of the molecule is CC(C)(C)[Si](OCC[C@H](NC(=O)n1cccc1)C(=O)CO)(c1ccccc1)c1ccccc1. The van der Waals surface area contributed by atoms with E-state index in [-0.39, 0.29) is 18.1 Å². The quantitative estimate of drug-likeness (QED) is 0.477. The first-order chi connectivity index (χ1) is 15.8. The number of carbonyl (C=O) groups excluding carboxylic acids is 2. The number of rotatable bonds is 9. The fraction of sp³-hybridized carbons (Fsp3) is 0.308. The van der Waals surface area contributed by atoms with Gasteiger partial charge in [-0.3, -0.25) is 9.36 Å². The van der Waals surface area contributed by atoms with Crippen molar-refractivity contribution in [1.29, 1.82) is 0 Å². The highest BCUT2D eigenvalue weighted by molar-refractivity contribution is 6.99. The van der Waals surface area contributed by atoms with Crippen molar-refractivity contribution in [1.82, 2.24) is 9.88 Å². The van der Waals surface area contributed by atoms with Gasteiger partial charge in [0, 0.05) is 19.0 Å². The number of nitrogens with zero attached hydrogens (tertiary/aromatic N) is 1. The Labute approximate surface area is 196 Å². The highest BCUT2D eigenvalue weighted by Crippen LogP contribution is 2.36. The van der Waals surface area contributed by atoms with Crippen LogP contribution in [-0.4, -0.2) is 49.1 Å². The minimum Gasteiger partial charge on any atom is -0.407 e. The largest absolute Gasteiger partial charge is 0.407 e. The lowest BCUT2D eigenvalue weighted by molar-refractivity contribution is -0.123. The van der Waals surface area contributed by atoms with E-state index in [2.05, 4.69) is 50.4 Å². The van der Waals surface area contributed by atoms with Crippen molar-refractivity contribution in [2.45, 2.75) is 38.3 Å². The molecule has 1 aromatic heterocycles. The lowest BCUT2D eigenvalue weighted by Crippen LogP contribution is -2.66. The molecule has 0 unspecified atom stereocenters. The summed E-state index contributed by atoms with van der Waals surface area (Å²) < 4.78 is 8.17. The van der Waals surface area contributed by atoms with E-state index in [0.717, 1.165) is 10.4 Å². The van der Waals surface area contributed by atoms with Crippen LogP contribution in [0.15, 0.2) is 85.2 Å².